The monoisotopic (exact) mass is 216 g/mol. The molecule has 1 unspecified atom stereocenters. The summed E-state index contributed by atoms with van der Waals surface area (Å²) in [6.45, 7) is 2.27. The molecule has 2 aliphatic rings. The van der Waals surface area contributed by atoms with Gasteiger partial charge in [0.15, 0.2) is 0 Å². The van der Waals surface area contributed by atoms with Gasteiger partial charge in [-0.2, -0.15) is 0 Å². The molecule has 0 radical (unpaired) electrons. The number of rotatable bonds is 1. The number of ketones is 1. The van der Waals surface area contributed by atoms with E-state index in [2.05, 4.69) is 6.92 Å². The second-order valence-electron chi connectivity index (χ2n) is 3.98. The van der Waals surface area contributed by atoms with Gasteiger partial charge in [-0.1, -0.05) is 6.42 Å². The quantitative estimate of drug-likeness (QED) is 0.671. The Bertz CT molecular complexity index is 209. The van der Waals surface area contributed by atoms with Crippen LogP contribution >= 0.6 is 23.5 Å². The standard InChI is InChI=1S/C10H16OS2/c1-10(12-6-7-13-10)8-4-2-3-5-9(8)11/h8H,2-7H2,1H3. The topological polar surface area (TPSA) is 17.1 Å². The second kappa shape index (κ2) is 3.85. The van der Waals surface area contributed by atoms with Crippen LogP contribution in [0.25, 0.3) is 0 Å². The summed E-state index contributed by atoms with van der Waals surface area (Å²) >= 11 is 3.99. The highest BCUT2D eigenvalue weighted by Gasteiger charge is 2.42. The predicted octanol–water partition coefficient (Wildman–Crippen LogP) is 2.94. The maximum atomic E-state index is 11.8. The van der Waals surface area contributed by atoms with Crippen LogP contribution < -0.4 is 0 Å². The number of thioether (sulfide) groups is 2. The first-order valence-corrected chi connectivity index (χ1v) is 7.00. The summed E-state index contributed by atoms with van der Waals surface area (Å²) in [5.41, 5.74) is 0. The fourth-order valence-electron chi connectivity index (χ4n) is 2.27. The van der Waals surface area contributed by atoms with Gasteiger partial charge >= 0.3 is 0 Å². The number of hydrogen-bond acceptors (Lipinski definition) is 3. The van der Waals surface area contributed by atoms with E-state index >= 15 is 0 Å². The molecule has 0 aromatic carbocycles. The molecule has 2 fully saturated rings. The third kappa shape index (κ3) is 1.91. The van der Waals surface area contributed by atoms with Crippen molar-refractivity contribution < 1.29 is 4.79 Å². The zero-order chi connectivity index (χ0) is 9.31. The molecule has 13 heavy (non-hydrogen) atoms. The van der Waals surface area contributed by atoms with E-state index in [0.717, 1.165) is 19.3 Å². The summed E-state index contributed by atoms with van der Waals surface area (Å²) < 4.78 is 0.220. The van der Waals surface area contributed by atoms with Crippen LogP contribution in [0.4, 0.5) is 0 Å². The summed E-state index contributed by atoms with van der Waals surface area (Å²) in [4.78, 5) is 11.8. The molecule has 0 amide bonds. The lowest BCUT2D eigenvalue weighted by molar-refractivity contribution is -0.124. The fourth-order valence-corrected chi connectivity index (χ4v) is 5.48. The number of carbonyl (C=O) groups is 1. The molecular weight excluding hydrogens is 200 g/mol. The Balaban J connectivity index is 2.08. The Labute approximate surface area is 88.4 Å². The lowest BCUT2D eigenvalue weighted by atomic mass is 9.85. The van der Waals surface area contributed by atoms with Crippen LogP contribution in [0.2, 0.25) is 0 Å². The molecule has 1 saturated carbocycles. The fraction of sp³-hybridized carbons (Fsp3) is 0.900. The highest BCUT2D eigenvalue weighted by atomic mass is 32.2. The molecule has 1 aliphatic carbocycles. The van der Waals surface area contributed by atoms with Crippen LogP contribution in [0.3, 0.4) is 0 Å². The maximum absolute atomic E-state index is 11.8. The smallest absolute Gasteiger partial charge is 0.138 e. The first-order valence-electron chi connectivity index (χ1n) is 5.03. The largest absolute Gasteiger partial charge is 0.299 e. The molecule has 0 aromatic rings. The van der Waals surface area contributed by atoms with E-state index in [1.165, 1.54) is 17.9 Å². The molecule has 1 atom stereocenters. The molecule has 0 aromatic heterocycles. The average Bonchev–Trinajstić information content (AvgIpc) is 2.54. The van der Waals surface area contributed by atoms with Gasteiger partial charge in [-0.15, -0.1) is 23.5 Å². The zero-order valence-corrected chi connectivity index (χ0v) is 9.68. The first-order chi connectivity index (χ1) is 6.22. The molecule has 3 heteroatoms. The van der Waals surface area contributed by atoms with E-state index in [0.29, 0.717) is 11.7 Å². The minimum atomic E-state index is 0.220. The van der Waals surface area contributed by atoms with Crippen LogP contribution in [-0.2, 0) is 4.79 Å². The van der Waals surface area contributed by atoms with E-state index < -0.39 is 0 Å². The Morgan fingerprint density at radius 3 is 2.62 bits per heavy atom. The summed E-state index contributed by atoms with van der Waals surface area (Å²) in [6, 6.07) is 0. The number of carbonyl (C=O) groups excluding carboxylic acids is 1. The van der Waals surface area contributed by atoms with E-state index in [4.69, 9.17) is 0 Å². The van der Waals surface area contributed by atoms with E-state index in [-0.39, 0.29) is 4.08 Å². The van der Waals surface area contributed by atoms with Crippen molar-refractivity contribution in [2.45, 2.75) is 36.7 Å². The van der Waals surface area contributed by atoms with Crippen molar-refractivity contribution in [3.05, 3.63) is 0 Å². The third-order valence-electron chi connectivity index (χ3n) is 3.05. The lowest BCUT2D eigenvalue weighted by Gasteiger charge is -2.33. The molecule has 1 saturated heterocycles. The van der Waals surface area contributed by atoms with Gasteiger partial charge in [0.2, 0.25) is 0 Å². The van der Waals surface area contributed by atoms with Gasteiger partial charge in [-0.3, -0.25) is 4.79 Å². The first kappa shape index (κ1) is 9.91. The molecular formula is C10H16OS2. The van der Waals surface area contributed by atoms with Crippen molar-refractivity contribution >= 4 is 29.3 Å². The SMILES string of the molecule is CC1(C2CCCCC2=O)SCCS1. The lowest BCUT2D eigenvalue weighted by Crippen LogP contribution is -2.34. The Hall–Kier alpha value is 0.370. The van der Waals surface area contributed by atoms with Crippen LogP contribution in [0, 0.1) is 5.92 Å². The Kier molecular flexibility index (Phi) is 2.94. The molecule has 1 aliphatic heterocycles. The highest BCUT2D eigenvalue weighted by Crippen LogP contribution is 2.51. The van der Waals surface area contributed by atoms with E-state index in [1.54, 1.807) is 0 Å². The summed E-state index contributed by atoms with van der Waals surface area (Å²) in [7, 11) is 0. The maximum Gasteiger partial charge on any atom is 0.138 e. The molecule has 0 spiro atoms. The van der Waals surface area contributed by atoms with Gasteiger partial charge in [0.05, 0.1) is 4.08 Å². The van der Waals surface area contributed by atoms with Crippen molar-refractivity contribution in [1.82, 2.24) is 0 Å². The van der Waals surface area contributed by atoms with Crippen molar-refractivity contribution in [3.63, 3.8) is 0 Å². The number of Topliss-reactive ketones (excluding diaryl/α,β-unsaturated/α-hetero) is 1. The molecule has 1 heterocycles. The van der Waals surface area contributed by atoms with Crippen LogP contribution in [0.5, 0.6) is 0 Å². The third-order valence-corrected chi connectivity index (χ3v) is 6.55. The minimum absolute atomic E-state index is 0.220. The zero-order valence-electron chi connectivity index (χ0n) is 8.04. The van der Waals surface area contributed by atoms with Gasteiger partial charge in [0.1, 0.15) is 5.78 Å². The van der Waals surface area contributed by atoms with Gasteiger partial charge in [-0.25, -0.2) is 0 Å². The summed E-state index contributed by atoms with van der Waals surface area (Å²) in [5, 5.41) is 0. The Morgan fingerprint density at radius 2 is 2.00 bits per heavy atom. The van der Waals surface area contributed by atoms with E-state index in [1.807, 2.05) is 23.5 Å². The summed E-state index contributed by atoms with van der Waals surface area (Å²) in [5.74, 6) is 3.32. The van der Waals surface area contributed by atoms with Crippen LogP contribution in [-0.4, -0.2) is 21.4 Å². The van der Waals surface area contributed by atoms with Crippen molar-refractivity contribution in [2.75, 3.05) is 11.5 Å². The van der Waals surface area contributed by atoms with Crippen molar-refractivity contribution in [3.8, 4) is 0 Å². The van der Waals surface area contributed by atoms with Gasteiger partial charge in [0, 0.05) is 23.8 Å². The van der Waals surface area contributed by atoms with Crippen LogP contribution in [0.15, 0.2) is 0 Å². The molecule has 2 rings (SSSR count). The highest BCUT2D eigenvalue weighted by molar-refractivity contribution is 8.21. The van der Waals surface area contributed by atoms with Gasteiger partial charge < -0.3 is 0 Å². The average molecular weight is 216 g/mol. The normalized spacial score (nSPS) is 33.6. The second-order valence-corrected chi connectivity index (χ2v) is 7.33. The molecule has 0 N–H and O–H groups in total. The van der Waals surface area contributed by atoms with Crippen LogP contribution in [0.1, 0.15) is 32.6 Å². The van der Waals surface area contributed by atoms with Crippen molar-refractivity contribution in [2.24, 2.45) is 5.92 Å². The molecule has 1 nitrogen and oxygen atoms in total. The molecule has 0 bridgehead atoms. The number of hydrogen-bond donors (Lipinski definition) is 0. The van der Waals surface area contributed by atoms with Crippen molar-refractivity contribution in [1.29, 1.82) is 0 Å². The Morgan fingerprint density at radius 1 is 1.31 bits per heavy atom. The van der Waals surface area contributed by atoms with E-state index in [9.17, 15) is 4.79 Å². The summed E-state index contributed by atoms with van der Waals surface area (Å²) in [6.07, 6.45) is 4.35. The molecule has 74 valence electrons. The van der Waals surface area contributed by atoms with Gasteiger partial charge in [0.25, 0.3) is 0 Å². The predicted molar refractivity (Wildman–Crippen MR) is 60.3 cm³/mol. The minimum Gasteiger partial charge on any atom is -0.299 e. The van der Waals surface area contributed by atoms with Gasteiger partial charge in [-0.05, 0) is 19.8 Å².